The molecule has 0 aliphatic rings. The van der Waals surface area contributed by atoms with E-state index in [2.05, 4.69) is 29.6 Å². The van der Waals surface area contributed by atoms with Crippen LogP contribution < -0.4 is 11.1 Å². The minimum atomic E-state index is -0.0162. The van der Waals surface area contributed by atoms with Gasteiger partial charge in [0.15, 0.2) is 0 Å². The fourth-order valence-corrected chi connectivity index (χ4v) is 2.76. The Balaban J connectivity index is 1.79. The van der Waals surface area contributed by atoms with Crippen molar-refractivity contribution in [3.63, 3.8) is 0 Å². The van der Waals surface area contributed by atoms with Crippen molar-refractivity contribution in [2.75, 3.05) is 11.1 Å². The van der Waals surface area contributed by atoms with E-state index in [0.29, 0.717) is 12.1 Å². The summed E-state index contributed by atoms with van der Waals surface area (Å²) in [5, 5.41) is 2.94. The van der Waals surface area contributed by atoms with Crippen LogP contribution in [-0.2, 0) is 4.79 Å². The summed E-state index contributed by atoms with van der Waals surface area (Å²) in [5.41, 5.74) is 9.39. The molecule has 0 saturated heterocycles. The molecule has 0 saturated carbocycles. The summed E-state index contributed by atoms with van der Waals surface area (Å²) < 4.78 is 0. The summed E-state index contributed by atoms with van der Waals surface area (Å²) >= 11 is 0. The first-order valence-corrected chi connectivity index (χ1v) is 7.97. The Kier molecular flexibility index (Phi) is 4.92. The molecule has 0 atom stereocenters. The molecule has 0 heterocycles. The van der Waals surface area contributed by atoms with Crippen LogP contribution in [0.25, 0.3) is 0 Å². The van der Waals surface area contributed by atoms with E-state index in [1.807, 2.05) is 48.5 Å². The van der Waals surface area contributed by atoms with Crippen LogP contribution in [0.15, 0.2) is 84.9 Å². The van der Waals surface area contributed by atoms with E-state index in [9.17, 15) is 4.79 Å². The Hall–Kier alpha value is -3.07. The normalized spacial score (nSPS) is 10.5. The molecular formula is C21H20N2O. The highest BCUT2D eigenvalue weighted by molar-refractivity contribution is 5.91. The highest BCUT2D eigenvalue weighted by Crippen LogP contribution is 2.28. The smallest absolute Gasteiger partial charge is 0.225 e. The summed E-state index contributed by atoms with van der Waals surface area (Å²) in [4.78, 5) is 12.5. The number of hydrogen-bond acceptors (Lipinski definition) is 2. The molecule has 24 heavy (non-hydrogen) atoms. The van der Waals surface area contributed by atoms with Crippen LogP contribution >= 0.6 is 0 Å². The van der Waals surface area contributed by atoms with Gasteiger partial charge in [-0.2, -0.15) is 0 Å². The second kappa shape index (κ2) is 7.47. The Morgan fingerprint density at radius 3 is 1.79 bits per heavy atom. The molecule has 0 fully saturated rings. The quantitative estimate of drug-likeness (QED) is 0.684. The Bertz CT molecular complexity index is 744. The van der Waals surface area contributed by atoms with Crippen LogP contribution in [0.4, 0.5) is 11.4 Å². The van der Waals surface area contributed by atoms with Crippen molar-refractivity contribution in [3.05, 3.63) is 96.1 Å². The van der Waals surface area contributed by atoms with Gasteiger partial charge in [-0.1, -0.05) is 60.7 Å². The minimum Gasteiger partial charge on any atom is -0.399 e. The maximum absolute atomic E-state index is 12.5. The van der Waals surface area contributed by atoms with Gasteiger partial charge in [0, 0.05) is 23.7 Å². The zero-order valence-electron chi connectivity index (χ0n) is 13.4. The number of amides is 1. The topological polar surface area (TPSA) is 55.1 Å². The third-order valence-electron chi connectivity index (χ3n) is 3.99. The van der Waals surface area contributed by atoms with Crippen molar-refractivity contribution in [2.24, 2.45) is 0 Å². The van der Waals surface area contributed by atoms with Gasteiger partial charge in [-0.05, 0) is 35.4 Å². The third-order valence-corrected chi connectivity index (χ3v) is 3.99. The zero-order valence-corrected chi connectivity index (χ0v) is 13.4. The van der Waals surface area contributed by atoms with Gasteiger partial charge in [0.1, 0.15) is 0 Å². The van der Waals surface area contributed by atoms with Gasteiger partial charge in [0.25, 0.3) is 0 Å². The molecule has 0 aliphatic carbocycles. The summed E-state index contributed by atoms with van der Waals surface area (Å²) in [5.74, 6) is 0.0126. The largest absolute Gasteiger partial charge is 0.399 e. The van der Waals surface area contributed by atoms with E-state index in [0.717, 1.165) is 16.8 Å². The van der Waals surface area contributed by atoms with Crippen LogP contribution in [0.2, 0.25) is 0 Å². The number of anilines is 2. The third kappa shape index (κ3) is 4.02. The number of rotatable bonds is 5. The molecule has 0 aliphatic heterocycles. The molecule has 3 nitrogen and oxygen atoms in total. The highest BCUT2D eigenvalue weighted by atomic mass is 16.1. The van der Waals surface area contributed by atoms with E-state index in [4.69, 9.17) is 5.73 Å². The average Bonchev–Trinajstić information content (AvgIpc) is 2.63. The monoisotopic (exact) mass is 316 g/mol. The fourth-order valence-electron chi connectivity index (χ4n) is 2.76. The molecule has 3 heteroatoms. The summed E-state index contributed by atoms with van der Waals surface area (Å²) in [7, 11) is 0. The average molecular weight is 316 g/mol. The molecule has 3 rings (SSSR count). The van der Waals surface area contributed by atoms with Gasteiger partial charge in [-0.25, -0.2) is 0 Å². The van der Waals surface area contributed by atoms with Gasteiger partial charge in [-0.3, -0.25) is 4.79 Å². The molecule has 3 N–H and O–H groups in total. The number of carbonyl (C=O) groups excluding carboxylic acids is 1. The number of nitrogen functional groups attached to an aromatic ring is 1. The minimum absolute atomic E-state index is 0.0162. The van der Waals surface area contributed by atoms with E-state index in [1.165, 1.54) is 0 Å². The van der Waals surface area contributed by atoms with Crippen molar-refractivity contribution in [1.82, 2.24) is 0 Å². The lowest BCUT2D eigenvalue weighted by atomic mass is 9.88. The van der Waals surface area contributed by atoms with Gasteiger partial charge < -0.3 is 11.1 Å². The first kappa shape index (κ1) is 15.8. The Morgan fingerprint density at radius 2 is 1.29 bits per heavy atom. The van der Waals surface area contributed by atoms with Crippen molar-refractivity contribution >= 4 is 17.3 Å². The van der Waals surface area contributed by atoms with Crippen molar-refractivity contribution in [1.29, 1.82) is 0 Å². The van der Waals surface area contributed by atoms with Crippen molar-refractivity contribution in [2.45, 2.75) is 12.3 Å². The van der Waals surface area contributed by atoms with Crippen LogP contribution in [-0.4, -0.2) is 5.91 Å². The van der Waals surface area contributed by atoms with Gasteiger partial charge in [-0.15, -0.1) is 0 Å². The highest BCUT2D eigenvalue weighted by Gasteiger charge is 2.18. The molecule has 0 radical (unpaired) electrons. The summed E-state index contributed by atoms with van der Waals surface area (Å²) in [6.45, 7) is 0. The second-order valence-corrected chi connectivity index (χ2v) is 5.75. The van der Waals surface area contributed by atoms with Crippen molar-refractivity contribution in [3.8, 4) is 0 Å². The van der Waals surface area contributed by atoms with Gasteiger partial charge in [0.05, 0.1) is 0 Å². The molecule has 1 amide bonds. The lowest BCUT2D eigenvalue weighted by Crippen LogP contribution is -2.16. The number of carbonyl (C=O) groups is 1. The van der Waals surface area contributed by atoms with E-state index >= 15 is 0 Å². The maximum Gasteiger partial charge on any atom is 0.225 e. The predicted octanol–water partition coefficient (Wildman–Crippen LogP) is 4.43. The lowest BCUT2D eigenvalue weighted by molar-refractivity contribution is -0.116. The van der Waals surface area contributed by atoms with Crippen molar-refractivity contribution < 1.29 is 4.79 Å². The van der Waals surface area contributed by atoms with Crippen LogP contribution in [0.5, 0.6) is 0 Å². The second-order valence-electron chi connectivity index (χ2n) is 5.75. The SMILES string of the molecule is Nc1ccc(NC(=O)CC(c2ccccc2)c2ccccc2)cc1. The standard InChI is InChI=1S/C21H20N2O/c22-18-11-13-19(14-12-18)23-21(24)15-20(16-7-3-1-4-8-16)17-9-5-2-6-10-17/h1-14,20H,15,22H2,(H,23,24). The summed E-state index contributed by atoms with van der Waals surface area (Å²) in [6, 6.07) is 27.4. The van der Waals surface area contributed by atoms with E-state index < -0.39 is 0 Å². The first-order chi connectivity index (χ1) is 11.7. The molecular weight excluding hydrogens is 296 g/mol. The van der Waals surface area contributed by atoms with Gasteiger partial charge in [0.2, 0.25) is 5.91 Å². The molecule has 3 aromatic rings. The molecule has 0 unspecified atom stereocenters. The molecule has 3 aromatic carbocycles. The van der Waals surface area contributed by atoms with Gasteiger partial charge >= 0.3 is 0 Å². The molecule has 0 spiro atoms. The van der Waals surface area contributed by atoms with Crippen LogP contribution in [0, 0.1) is 0 Å². The number of nitrogens with two attached hydrogens (primary N) is 1. The van der Waals surface area contributed by atoms with E-state index in [-0.39, 0.29) is 11.8 Å². The Labute approximate surface area is 142 Å². The maximum atomic E-state index is 12.5. The van der Waals surface area contributed by atoms with Crippen LogP contribution in [0.1, 0.15) is 23.5 Å². The predicted molar refractivity (Wildman–Crippen MR) is 98.8 cm³/mol. The summed E-state index contributed by atoms with van der Waals surface area (Å²) in [6.07, 6.45) is 0.387. The van der Waals surface area contributed by atoms with E-state index in [1.54, 1.807) is 12.1 Å². The number of nitrogens with one attached hydrogen (secondary N) is 1. The lowest BCUT2D eigenvalue weighted by Gasteiger charge is -2.18. The zero-order chi connectivity index (χ0) is 16.8. The number of hydrogen-bond donors (Lipinski definition) is 2. The van der Waals surface area contributed by atoms with Crippen LogP contribution in [0.3, 0.4) is 0 Å². The Morgan fingerprint density at radius 1 is 0.792 bits per heavy atom. The molecule has 120 valence electrons. The number of benzene rings is 3. The first-order valence-electron chi connectivity index (χ1n) is 7.97. The fraction of sp³-hybridized carbons (Fsp3) is 0.0952. The molecule has 0 aromatic heterocycles. The molecule has 0 bridgehead atoms.